The van der Waals surface area contributed by atoms with E-state index in [2.05, 4.69) is 5.10 Å². The van der Waals surface area contributed by atoms with Gasteiger partial charge >= 0.3 is 0 Å². The second-order valence-electron chi connectivity index (χ2n) is 1.88. The van der Waals surface area contributed by atoms with Crippen LogP contribution >= 0.6 is 0 Å². The van der Waals surface area contributed by atoms with Gasteiger partial charge in [0.05, 0.1) is 11.8 Å². The maximum atomic E-state index is 10.6. The normalized spacial score (nSPS) is 9.30. The molecule has 0 aliphatic heterocycles. The third kappa shape index (κ3) is 1.10. The van der Waals surface area contributed by atoms with E-state index >= 15 is 0 Å². The van der Waals surface area contributed by atoms with Crippen LogP contribution in [0.2, 0.25) is 0 Å². The molecule has 0 aliphatic carbocycles. The Morgan fingerprint density at radius 3 is 2.90 bits per heavy atom. The van der Waals surface area contributed by atoms with E-state index in [1.165, 1.54) is 17.1 Å². The summed E-state index contributed by atoms with van der Waals surface area (Å²) >= 11 is 0. The molecule has 0 aromatic carbocycles. The molecule has 52 valence electrons. The molecule has 0 amide bonds. The number of carbonyl (C=O) groups is 2. The van der Waals surface area contributed by atoms with Crippen LogP contribution in [-0.2, 0) is 11.8 Å². The molecule has 0 fully saturated rings. The topological polar surface area (TPSA) is 52.0 Å². The van der Waals surface area contributed by atoms with Gasteiger partial charge in [-0.2, -0.15) is 5.10 Å². The first-order valence-electron chi connectivity index (χ1n) is 2.72. The molecule has 1 aromatic rings. The van der Waals surface area contributed by atoms with Crippen LogP contribution in [0.25, 0.3) is 0 Å². The summed E-state index contributed by atoms with van der Waals surface area (Å²) < 4.78 is 1.47. The molecule has 0 bridgehead atoms. The first-order chi connectivity index (χ1) is 4.74. The Hall–Kier alpha value is -1.45. The number of hydrogen-bond acceptors (Lipinski definition) is 3. The minimum Gasteiger partial charge on any atom is -0.294 e. The van der Waals surface area contributed by atoms with Crippen molar-refractivity contribution in [2.45, 2.75) is 0 Å². The molecule has 10 heavy (non-hydrogen) atoms. The van der Waals surface area contributed by atoms with Crippen molar-refractivity contribution in [1.82, 2.24) is 9.78 Å². The first kappa shape index (κ1) is 6.67. The number of carbonyl (C=O) groups excluding carboxylic acids is 2. The number of ketones is 1. The number of nitrogens with zero attached hydrogens (tertiary/aromatic N) is 2. The molecule has 1 aromatic heterocycles. The van der Waals surface area contributed by atoms with E-state index in [0.717, 1.165) is 0 Å². The molecule has 0 saturated heterocycles. The van der Waals surface area contributed by atoms with Crippen LogP contribution < -0.4 is 0 Å². The lowest BCUT2D eigenvalue weighted by atomic mass is 10.3. The molecule has 0 unspecified atom stereocenters. The Morgan fingerprint density at radius 2 is 2.50 bits per heavy atom. The minimum atomic E-state index is -0.534. The lowest BCUT2D eigenvalue weighted by Gasteiger charge is -1.81. The summed E-state index contributed by atoms with van der Waals surface area (Å²) in [7, 11) is 1.68. The summed E-state index contributed by atoms with van der Waals surface area (Å²) in [5, 5.41) is 3.72. The van der Waals surface area contributed by atoms with Gasteiger partial charge in [0, 0.05) is 13.2 Å². The lowest BCUT2D eigenvalue weighted by Crippen LogP contribution is -1.97. The molecule has 4 heteroatoms. The third-order valence-corrected chi connectivity index (χ3v) is 1.10. The highest BCUT2D eigenvalue weighted by Crippen LogP contribution is 1.94. The van der Waals surface area contributed by atoms with E-state index in [0.29, 0.717) is 5.56 Å². The number of Topliss-reactive ketones (excluding diaryl/α,β-unsaturated/α-hetero) is 1. The van der Waals surface area contributed by atoms with Crippen molar-refractivity contribution in [2.75, 3.05) is 0 Å². The van der Waals surface area contributed by atoms with Gasteiger partial charge in [-0.3, -0.25) is 14.3 Å². The van der Waals surface area contributed by atoms with Gasteiger partial charge in [-0.15, -0.1) is 0 Å². The van der Waals surface area contributed by atoms with Gasteiger partial charge in [-0.05, 0) is 0 Å². The standard InChI is InChI=1S/C6H6N2O2/c1-8-3-5(2-7-8)6(10)4-9/h2-4H,1H3. The summed E-state index contributed by atoms with van der Waals surface area (Å²) in [5.74, 6) is -0.534. The summed E-state index contributed by atoms with van der Waals surface area (Å²) in [6.07, 6.45) is 3.13. The molecular weight excluding hydrogens is 132 g/mol. The minimum absolute atomic E-state index is 0.275. The summed E-state index contributed by atoms with van der Waals surface area (Å²) in [6, 6.07) is 0. The first-order valence-corrected chi connectivity index (χ1v) is 2.72. The van der Waals surface area contributed by atoms with Crippen LogP contribution in [-0.4, -0.2) is 21.8 Å². The van der Waals surface area contributed by atoms with Gasteiger partial charge < -0.3 is 0 Å². The van der Waals surface area contributed by atoms with Gasteiger partial charge in [-0.25, -0.2) is 0 Å². The molecule has 0 radical (unpaired) electrons. The molecule has 0 N–H and O–H groups in total. The van der Waals surface area contributed by atoms with Crippen LogP contribution in [0.4, 0.5) is 0 Å². The van der Waals surface area contributed by atoms with E-state index in [4.69, 9.17) is 0 Å². The summed E-state index contributed by atoms with van der Waals surface area (Å²) in [4.78, 5) is 20.5. The van der Waals surface area contributed by atoms with Gasteiger partial charge in [0.1, 0.15) is 0 Å². The van der Waals surface area contributed by atoms with E-state index in [1.807, 2.05) is 0 Å². The van der Waals surface area contributed by atoms with Crippen molar-refractivity contribution in [1.29, 1.82) is 0 Å². The van der Waals surface area contributed by atoms with Crippen LogP contribution in [0, 0.1) is 0 Å². The number of aryl methyl sites for hydroxylation is 1. The number of aldehydes is 1. The lowest BCUT2D eigenvalue weighted by molar-refractivity contribution is -0.104. The van der Waals surface area contributed by atoms with Gasteiger partial charge in [0.25, 0.3) is 0 Å². The van der Waals surface area contributed by atoms with Crippen molar-refractivity contribution in [2.24, 2.45) is 7.05 Å². The van der Waals surface area contributed by atoms with Crippen LogP contribution in [0.5, 0.6) is 0 Å². The largest absolute Gasteiger partial charge is 0.294 e. The van der Waals surface area contributed by atoms with Crippen molar-refractivity contribution in [3.8, 4) is 0 Å². The second kappa shape index (κ2) is 2.43. The zero-order valence-electron chi connectivity index (χ0n) is 5.44. The summed E-state index contributed by atoms with van der Waals surface area (Å²) in [5.41, 5.74) is 0.331. The van der Waals surface area contributed by atoms with Crippen molar-refractivity contribution < 1.29 is 9.59 Å². The molecule has 0 atom stereocenters. The Balaban J connectivity index is 2.95. The van der Waals surface area contributed by atoms with Gasteiger partial charge in [-0.1, -0.05) is 0 Å². The fourth-order valence-electron chi connectivity index (χ4n) is 0.617. The van der Waals surface area contributed by atoms with E-state index < -0.39 is 5.78 Å². The Kier molecular flexibility index (Phi) is 1.62. The van der Waals surface area contributed by atoms with Gasteiger partial charge in [0.2, 0.25) is 5.78 Å². The highest BCUT2D eigenvalue weighted by molar-refractivity contribution is 6.33. The average Bonchev–Trinajstić information content (AvgIpc) is 2.34. The predicted octanol–water partition coefficient (Wildman–Crippen LogP) is -0.198. The zero-order chi connectivity index (χ0) is 7.56. The zero-order valence-corrected chi connectivity index (χ0v) is 5.44. The smallest absolute Gasteiger partial charge is 0.228 e. The predicted molar refractivity (Wildman–Crippen MR) is 33.6 cm³/mol. The highest BCUT2D eigenvalue weighted by Gasteiger charge is 2.04. The molecule has 1 rings (SSSR count). The van der Waals surface area contributed by atoms with Crippen molar-refractivity contribution in [3.05, 3.63) is 18.0 Å². The Bertz CT molecular complexity index is 264. The Morgan fingerprint density at radius 1 is 1.80 bits per heavy atom. The van der Waals surface area contributed by atoms with Crippen molar-refractivity contribution >= 4 is 12.1 Å². The van der Waals surface area contributed by atoms with E-state index in [9.17, 15) is 9.59 Å². The number of rotatable bonds is 2. The van der Waals surface area contributed by atoms with E-state index in [-0.39, 0.29) is 6.29 Å². The van der Waals surface area contributed by atoms with E-state index in [1.54, 1.807) is 7.05 Å². The monoisotopic (exact) mass is 138 g/mol. The fraction of sp³-hybridized carbons (Fsp3) is 0.167. The fourth-order valence-corrected chi connectivity index (χ4v) is 0.617. The molecule has 0 spiro atoms. The Labute approximate surface area is 57.5 Å². The molecule has 0 aliphatic rings. The molecule has 1 heterocycles. The molecule has 4 nitrogen and oxygen atoms in total. The molecular formula is C6H6N2O2. The van der Waals surface area contributed by atoms with Crippen LogP contribution in [0.1, 0.15) is 10.4 Å². The summed E-state index contributed by atoms with van der Waals surface area (Å²) in [6.45, 7) is 0. The highest BCUT2D eigenvalue weighted by atomic mass is 16.2. The number of hydrogen-bond donors (Lipinski definition) is 0. The third-order valence-electron chi connectivity index (χ3n) is 1.10. The quantitative estimate of drug-likeness (QED) is 0.323. The van der Waals surface area contributed by atoms with Gasteiger partial charge in [0.15, 0.2) is 6.29 Å². The molecule has 0 saturated carbocycles. The SMILES string of the molecule is Cn1cc(C(=O)C=O)cn1. The van der Waals surface area contributed by atoms with Crippen LogP contribution in [0.3, 0.4) is 0 Å². The average molecular weight is 138 g/mol. The second-order valence-corrected chi connectivity index (χ2v) is 1.88. The number of aromatic nitrogens is 2. The van der Waals surface area contributed by atoms with Crippen molar-refractivity contribution in [3.63, 3.8) is 0 Å². The maximum Gasteiger partial charge on any atom is 0.228 e. The van der Waals surface area contributed by atoms with Crippen LogP contribution in [0.15, 0.2) is 12.4 Å². The maximum absolute atomic E-state index is 10.6.